The predicted molar refractivity (Wildman–Crippen MR) is 142 cm³/mol. The minimum Gasteiger partial charge on any atom is -0.439 e. The summed E-state index contributed by atoms with van der Waals surface area (Å²) in [6.45, 7) is 2.17. The molecule has 5 rings (SSSR count). The predicted octanol–water partition coefficient (Wildman–Crippen LogP) is 6.23. The molecule has 1 atom stereocenters. The fraction of sp³-hybridized carbons (Fsp3) is 0.107. The molecule has 1 amide bonds. The lowest BCUT2D eigenvalue weighted by Crippen LogP contribution is -2.28. The highest BCUT2D eigenvalue weighted by Gasteiger charge is 2.25. The van der Waals surface area contributed by atoms with Crippen LogP contribution in [0.4, 0.5) is 0 Å². The standard InChI is InChI=1S/C28H23BrN2O4S/c1-18-6-12-21(13-7-18)36(33,34)27-15-14-26(35-27)28(32)31-16-23(19-8-10-20(29)11-9-19)24-17-30-25-5-3-2-4-22(24)25/h2-15,17,23,30H,16H2,1H3,(H,31,32). The zero-order chi connectivity index (χ0) is 25.3. The van der Waals surface area contributed by atoms with Crippen molar-refractivity contribution >= 4 is 42.6 Å². The van der Waals surface area contributed by atoms with E-state index < -0.39 is 15.7 Å². The summed E-state index contributed by atoms with van der Waals surface area (Å²) in [6.07, 6.45) is 1.96. The van der Waals surface area contributed by atoms with Gasteiger partial charge in [-0.25, -0.2) is 8.42 Å². The van der Waals surface area contributed by atoms with E-state index in [-0.39, 0.29) is 21.7 Å². The van der Waals surface area contributed by atoms with Gasteiger partial charge in [0.1, 0.15) is 0 Å². The van der Waals surface area contributed by atoms with Gasteiger partial charge in [-0.15, -0.1) is 0 Å². The molecule has 0 saturated heterocycles. The van der Waals surface area contributed by atoms with Crippen molar-refractivity contribution in [2.75, 3.05) is 6.54 Å². The number of sulfone groups is 1. The molecule has 2 aromatic heterocycles. The summed E-state index contributed by atoms with van der Waals surface area (Å²) in [7, 11) is -3.86. The highest BCUT2D eigenvalue weighted by atomic mass is 79.9. The number of aryl methyl sites for hydroxylation is 1. The molecule has 0 fully saturated rings. The van der Waals surface area contributed by atoms with Crippen molar-refractivity contribution in [3.8, 4) is 0 Å². The van der Waals surface area contributed by atoms with E-state index in [2.05, 4.69) is 26.2 Å². The first-order chi connectivity index (χ1) is 17.3. The Bertz CT molecular complexity index is 1640. The van der Waals surface area contributed by atoms with Crippen LogP contribution in [0, 0.1) is 6.92 Å². The summed E-state index contributed by atoms with van der Waals surface area (Å²) in [5.74, 6) is -0.680. The molecule has 8 heteroatoms. The van der Waals surface area contributed by atoms with Crippen molar-refractivity contribution < 1.29 is 17.6 Å². The Hall–Kier alpha value is -3.62. The van der Waals surface area contributed by atoms with Gasteiger partial charge in [0.05, 0.1) is 4.90 Å². The molecule has 36 heavy (non-hydrogen) atoms. The molecule has 0 radical (unpaired) electrons. The molecule has 0 spiro atoms. The van der Waals surface area contributed by atoms with Crippen molar-refractivity contribution in [2.24, 2.45) is 0 Å². The Morgan fingerprint density at radius 2 is 1.69 bits per heavy atom. The highest BCUT2D eigenvalue weighted by molar-refractivity contribution is 9.10. The number of para-hydroxylation sites is 1. The molecule has 0 saturated carbocycles. The Morgan fingerprint density at radius 3 is 2.44 bits per heavy atom. The highest BCUT2D eigenvalue weighted by Crippen LogP contribution is 2.31. The lowest BCUT2D eigenvalue weighted by molar-refractivity contribution is 0.0919. The van der Waals surface area contributed by atoms with E-state index in [1.54, 1.807) is 12.1 Å². The zero-order valence-corrected chi connectivity index (χ0v) is 21.8. The van der Waals surface area contributed by atoms with E-state index in [0.29, 0.717) is 6.54 Å². The maximum absolute atomic E-state index is 13.0. The summed E-state index contributed by atoms with van der Waals surface area (Å²) in [5, 5.41) is 3.73. The summed E-state index contributed by atoms with van der Waals surface area (Å²) in [4.78, 5) is 16.4. The number of benzene rings is 3. The quantitative estimate of drug-likeness (QED) is 0.246. The number of carbonyl (C=O) groups excluding carboxylic acids is 1. The number of hydrogen-bond acceptors (Lipinski definition) is 4. The molecule has 3 aromatic carbocycles. The Morgan fingerprint density at radius 1 is 0.972 bits per heavy atom. The van der Waals surface area contributed by atoms with Gasteiger partial charge in [-0.05, 0) is 60.5 Å². The Labute approximate surface area is 217 Å². The summed E-state index contributed by atoms with van der Waals surface area (Å²) >= 11 is 3.48. The molecule has 2 heterocycles. The summed E-state index contributed by atoms with van der Waals surface area (Å²) in [6, 6.07) is 25.2. The average molecular weight is 563 g/mol. The number of fused-ring (bicyclic) bond motifs is 1. The first-order valence-electron chi connectivity index (χ1n) is 11.3. The molecule has 2 N–H and O–H groups in total. The molecule has 0 aliphatic rings. The number of H-pyrrole nitrogens is 1. The van der Waals surface area contributed by atoms with E-state index in [0.717, 1.165) is 32.1 Å². The lowest BCUT2D eigenvalue weighted by atomic mass is 9.91. The summed E-state index contributed by atoms with van der Waals surface area (Å²) in [5.41, 5.74) is 4.04. The second kappa shape index (κ2) is 9.79. The normalized spacial score (nSPS) is 12.5. The topological polar surface area (TPSA) is 92.2 Å². The number of aromatic amines is 1. The third-order valence-corrected chi connectivity index (χ3v) is 8.31. The molecule has 1 unspecified atom stereocenters. The molecule has 6 nitrogen and oxygen atoms in total. The fourth-order valence-corrected chi connectivity index (χ4v) is 5.62. The minimum atomic E-state index is -3.86. The Kier molecular flexibility index (Phi) is 6.55. The van der Waals surface area contributed by atoms with Gasteiger partial charge in [0, 0.05) is 34.0 Å². The molecule has 0 aliphatic heterocycles. The fourth-order valence-electron chi connectivity index (χ4n) is 4.19. The van der Waals surface area contributed by atoms with Gasteiger partial charge in [0.25, 0.3) is 5.91 Å². The largest absolute Gasteiger partial charge is 0.439 e. The van der Waals surface area contributed by atoms with Gasteiger partial charge in [0.2, 0.25) is 14.9 Å². The SMILES string of the molecule is Cc1ccc(S(=O)(=O)c2ccc(C(=O)NCC(c3ccc(Br)cc3)c3c[nH]c4ccccc34)o2)cc1. The van der Waals surface area contributed by atoms with Crippen LogP contribution < -0.4 is 5.32 Å². The average Bonchev–Trinajstić information content (AvgIpc) is 3.54. The molecule has 182 valence electrons. The number of amides is 1. The van der Waals surface area contributed by atoms with Crippen molar-refractivity contribution in [2.45, 2.75) is 22.8 Å². The van der Waals surface area contributed by atoms with Crippen molar-refractivity contribution in [3.05, 3.63) is 118 Å². The Balaban J connectivity index is 1.39. The van der Waals surface area contributed by atoms with E-state index in [1.165, 1.54) is 24.3 Å². The van der Waals surface area contributed by atoms with Crippen molar-refractivity contribution in [3.63, 3.8) is 0 Å². The van der Waals surface area contributed by atoms with Crippen LogP contribution in [0.5, 0.6) is 0 Å². The second-order valence-corrected chi connectivity index (χ2v) is 11.3. The number of carbonyl (C=O) groups is 1. The van der Waals surface area contributed by atoms with Crippen LogP contribution in [0.15, 0.2) is 110 Å². The van der Waals surface area contributed by atoms with Gasteiger partial charge in [-0.2, -0.15) is 0 Å². The van der Waals surface area contributed by atoms with E-state index >= 15 is 0 Å². The van der Waals surface area contributed by atoms with Gasteiger partial charge < -0.3 is 14.7 Å². The third kappa shape index (κ3) is 4.74. The van der Waals surface area contributed by atoms with Crippen LogP contribution >= 0.6 is 15.9 Å². The summed E-state index contributed by atoms with van der Waals surface area (Å²) < 4.78 is 32.3. The number of hydrogen-bond donors (Lipinski definition) is 2. The minimum absolute atomic E-state index is 0.0610. The monoisotopic (exact) mass is 562 g/mol. The number of halogens is 1. The molecule has 0 bridgehead atoms. The number of rotatable bonds is 7. The van der Waals surface area contributed by atoms with Crippen molar-refractivity contribution in [1.82, 2.24) is 10.3 Å². The second-order valence-electron chi connectivity index (χ2n) is 8.54. The van der Waals surface area contributed by atoms with Crippen LogP contribution in [-0.4, -0.2) is 25.9 Å². The molecular formula is C28H23BrN2O4S. The van der Waals surface area contributed by atoms with Crippen LogP contribution in [-0.2, 0) is 9.84 Å². The maximum Gasteiger partial charge on any atom is 0.287 e. The maximum atomic E-state index is 13.0. The van der Waals surface area contributed by atoms with Gasteiger partial charge in [0.15, 0.2) is 5.76 Å². The number of nitrogens with one attached hydrogen (secondary N) is 2. The van der Waals surface area contributed by atoms with Crippen LogP contribution in [0.2, 0.25) is 0 Å². The zero-order valence-electron chi connectivity index (χ0n) is 19.4. The lowest BCUT2D eigenvalue weighted by Gasteiger charge is -2.18. The molecule has 5 aromatic rings. The number of aromatic nitrogens is 1. The smallest absolute Gasteiger partial charge is 0.287 e. The van der Waals surface area contributed by atoms with E-state index in [9.17, 15) is 13.2 Å². The van der Waals surface area contributed by atoms with Gasteiger partial charge >= 0.3 is 0 Å². The molecular weight excluding hydrogens is 540 g/mol. The molecule has 0 aliphatic carbocycles. The third-order valence-electron chi connectivity index (χ3n) is 6.14. The van der Waals surface area contributed by atoms with Crippen molar-refractivity contribution in [1.29, 1.82) is 0 Å². The van der Waals surface area contributed by atoms with Crippen LogP contribution in [0.25, 0.3) is 10.9 Å². The first-order valence-corrected chi connectivity index (χ1v) is 13.6. The van der Waals surface area contributed by atoms with Gasteiger partial charge in [-0.1, -0.05) is 64.0 Å². The van der Waals surface area contributed by atoms with Crippen LogP contribution in [0.3, 0.4) is 0 Å². The number of furan rings is 1. The van der Waals surface area contributed by atoms with Gasteiger partial charge in [-0.3, -0.25) is 4.79 Å². The van der Waals surface area contributed by atoms with E-state index in [4.69, 9.17) is 4.42 Å². The first kappa shape index (κ1) is 24.1. The van der Waals surface area contributed by atoms with E-state index in [1.807, 2.05) is 61.7 Å². The van der Waals surface area contributed by atoms with Crippen LogP contribution in [0.1, 0.15) is 33.2 Å².